The van der Waals surface area contributed by atoms with Gasteiger partial charge in [0.1, 0.15) is 6.61 Å². The maximum absolute atomic E-state index is 13.1. The number of aryl methyl sites for hydroxylation is 1. The summed E-state index contributed by atoms with van der Waals surface area (Å²) in [6.07, 6.45) is 0.527. The largest absolute Gasteiger partial charge is 0.447 e. The Kier molecular flexibility index (Phi) is 4.23. The van der Waals surface area contributed by atoms with Gasteiger partial charge in [0.15, 0.2) is 0 Å². The lowest BCUT2D eigenvalue weighted by Crippen LogP contribution is -2.62. The summed E-state index contributed by atoms with van der Waals surface area (Å²) in [6, 6.07) is 12.1. The van der Waals surface area contributed by atoms with Crippen LogP contribution in [0, 0.1) is 6.92 Å². The molecule has 3 heterocycles. The van der Waals surface area contributed by atoms with Crippen LogP contribution in [0.25, 0.3) is 10.4 Å². The summed E-state index contributed by atoms with van der Waals surface area (Å²) >= 11 is 1.54. The van der Waals surface area contributed by atoms with Gasteiger partial charge in [-0.2, -0.15) is 0 Å². The Morgan fingerprint density at radius 2 is 2.04 bits per heavy atom. The number of nitrogens with zero attached hydrogens (tertiary/aromatic N) is 2. The standard InChI is InChI=1S/C20H22N2O3S/c1-3-20-12-21(9-10-22(20)19(24)25-13-20)18(23)16-11-14(2)17(26-16)15-7-5-4-6-8-15/h4-8,11H,3,9-10,12-13H2,1-2H3. The Labute approximate surface area is 157 Å². The summed E-state index contributed by atoms with van der Waals surface area (Å²) < 4.78 is 5.26. The fourth-order valence-corrected chi connectivity index (χ4v) is 5.00. The Hall–Kier alpha value is -2.34. The van der Waals surface area contributed by atoms with Crippen LogP contribution >= 0.6 is 11.3 Å². The van der Waals surface area contributed by atoms with Crippen LogP contribution in [0.15, 0.2) is 36.4 Å². The van der Waals surface area contributed by atoms with E-state index < -0.39 is 0 Å². The van der Waals surface area contributed by atoms with Crippen molar-refractivity contribution in [3.05, 3.63) is 46.8 Å². The molecule has 2 aromatic rings. The van der Waals surface area contributed by atoms with Gasteiger partial charge in [0, 0.05) is 24.5 Å². The Morgan fingerprint density at radius 1 is 1.27 bits per heavy atom. The van der Waals surface area contributed by atoms with Gasteiger partial charge in [0.2, 0.25) is 0 Å². The zero-order valence-electron chi connectivity index (χ0n) is 15.0. The average Bonchev–Trinajstić information content (AvgIpc) is 3.22. The second kappa shape index (κ2) is 6.43. The Morgan fingerprint density at radius 3 is 2.77 bits per heavy atom. The Bertz CT molecular complexity index is 848. The second-order valence-electron chi connectivity index (χ2n) is 7.00. The molecule has 1 unspecified atom stereocenters. The minimum Gasteiger partial charge on any atom is -0.447 e. The number of carbonyl (C=O) groups excluding carboxylic acids is 2. The molecule has 2 saturated heterocycles. The zero-order chi connectivity index (χ0) is 18.3. The molecule has 26 heavy (non-hydrogen) atoms. The molecule has 1 atom stereocenters. The van der Waals surface area contributed by atoms with E-state index in [2.05, 4.69) is 12.1 Å². The van der Waals surface area contributed by atoms with Gasteiger partial charge in [-0.3, -0.25) is 9.69 Å². The maximum atomic E-state index is 13.1. The van der Waals surface area contributed by atoms with Gasteiger partial charge in [-0.1, -0.05) is 37.3 Å². The van der Waals surface area contributed by atoms with Gasteiger partial charge in [0.25, 0.3) is 5.91 Å². The molecule has 1 aromatic carbocycles. The molecular formula is C20H22N2O3S. The highest BCUT2D eigenvalue weighted by atomic mass is 32.1. The van der Waals surface area contributed by atoms with Crippen molar-refractivity contribution < 1.29 is 14.3 Å². The molecule has 0 radical (unpaired) electrons. The van der Waals surface area contributed by atoms with Crippen molar-refractivity contribution in [2.75, 3.05) is 26.2 Å². The van der Waals surface area contributed by atoms with Crippen molar-refractivity contribution >= 4 is 23.3 Å². The number of piperazine rings is 1. The van der Waals surface area contributed by atoms with Crippen molar-refractivity contribution in [2.24, 2.45) is 0 Å². The number of thiophene rings is 1. The zero-order valence-corrected chi connectivity index (χ0v) is 15.8. The Balaban J connectivity index is 1.58. The predicted octanol–water partition coefficient (Wildman–Crippen LogP) is 3.78. The van der Waals surface area contributed by atoms with Crippen LogP contribution in [0.2, 0.25) is 0 Å². The maximum Gasteiger partial charge on any atom is 0.410 e. The highest BCUT2D eigenvalue weighted by Crippen LogP contribution is 2.35. The molecule has 2 amide bonds. The number of ether oxygens (including phenoxy) is 1. The highest BCUT2D eigenvalue weighted by Gasteiger charge is 2.50. The van der Waals surface area contributed by atoms with Crippen molar-refractivity contribution in [2.45, 2.75) is 25.8 Å². The van der Waals surface area contributed by atoms with E-state index in [-0.39, 0.29) is 17.5 Å². The molecule has 0 aliphatic carbocycles. The lowest BCUT2D eigenvalue weighted by molar-refractivity contribution is 0.0365. The van der Waals surface area contributed by atoms with Crippen LogP contribution in [0.4, 0.5) is 4.79 Å². The van der Waals surface area contributed by atoms with Gasteiger partial charge < -0.3 is 9.64 Å². The lowest BCUT2D eigenvalue weighted by atomic mass is 9.93. The van der Waals surface area contributed by atoms with Gasteiger partial charge in [-0.15, -0.1) is 11.3 Å². The van der Waals surface area contributed by atoms with Crippen molar-refractivity contribution in [1.82, 2.24) is 9.80 Å². The number of cyclic esters (lactones) is 1. The minimum atomic E-state index is -0.375. The van der Waals surface area contributed by atoms with E-state index in [1.165, 1.54) is 0 Å². The number of benzene rings is 1. The molecule has 6 heteroatoms. The number of hydrogen-bond donors (Lipinski definition) is 0. The molecule has 0 spiro atoms. The first kappa shape index (κ1) is 17.1. The number of fused-ring (bicyclic) bond motifs is 1. The van der Waals surface area contributed by atoms with E-state index >= 15 is 0 Å². The van der Waals surface area contributed by atoms with Gasteiger partial charge in [-0.05, 0) is 30.5 Å². The molecule has 0 bridgehead atoms. The predicted molar refractivity (Wildman–Crippen MR) is 101 cm³/mol. The number of rotatable bonds is 3. The van der Waals surface area contributed by atoms with Crippen molar-refractivity contribution in [1.29, 1.82) is 0 Å². The summed E-state index contributed by atoms with van der Waals surface area (Å²) in [7, 11) is 0. The topological polar surface area (TPSA) is 49.9 Å². The van der Waals surface area contributed by atoms with Crippen LogP contribution in [0.1, 0.15) is 28.6 Å². The lowest BCUT2D eigenvalue weighted by Gasteiger charge is -2.44. The molecule has 1 aromatic heterocycles. The van der Waals surface area contributed by atoms with Gasteiger partial charge in [0.05, 0.1) is 10.4 Å². The van der Waals surface area contributed by atoms with E-state index in [4.69, 9.17) is 4.74 Å². The van der Waals surface area contributed by atoms with Crippen LogP contribution in [-0.4, -0.2) is 53.6 Å². The van der Waals surface area contributed by atoms with E-state index in [1.807, 2.05) is 43.0 Å². The van der Waals surface area contributed by atoms with Crippen LogP contribution in [0.5, 0.6) is 0 Å². The molecule has 2 aliphatic heterocycles. The van der Waals surface area contributed by atoms with Crippen LogP contribution < -0.4 is 0 Å². The van der Waals surface area contributed by atoms with Crippen molar-refractivity contribution in [3.63, 3.8) is 0 Å². The quantitative estimate of drug-likeness (QED) is 0.826. The monoisotopic (exact) mass is 370 g/mol. The van der Waals surface area contributed by atoms with E-state index in [9.17, 15) is 9.59 Å². The third-order valence-electron chi connectivity index (χ3n) is 5.45. The molecule has 136 valence electrons. The molecule has 2 aliphatic rings. The summed E-state index contributed by atoms with van der Waals surface area (Å²) in [6.45, 7) is 6.08. The normalized spacial score (nSPS) is 22.3. The number of carbonyl (C=O) groups is 2. The van der Waals surface area contributed by atoms with Crippen LogP contribution in [-0.2, 0) is 4.74 Å². The molecule has 0 N–H and O–H groups in total. The summed E-state index contributed by atoms with van der Waals surface area (Å²) in [5, 5.41) is 0. The van der Waals surface area contributed by atoms with E-state index in [0.29, 0.717) is 26.2 Å². The minimum absolute atomic E-state index is 0.0482. The first-order valence-corrected chi connectivity index (χ1v) is 9.75. The van der Waals surface area contributed by atoms with E-state index in [0.717, 1.165) is 27.3 Å². The molecule has 0 saturated carbocycles. The number of hydrogen-bond acceptors (Lipinski definition) is 4. The second-order valence-corrected chi connectivity index (χ2v) is 8.05. The van der Waals surface area contributed by atoms with Gasteiger partial charge in [-0.25, -0.2) is 4.79 Å². The first-order valence-electron chi connectivity index (χ1n) is 8.93. The molecule has 4 rings (SSSR count). The van der Waals surface area contributed by atoms with E-state index in [1.54, 1.807) is 16.2 Å². The molecular weight excluding hydrogens is 348 g/mol. The summed E-state index contributed by atoms with van der Waals surface area (Å²) in [4.78, 5) is 30.6. The van der Waals surface area contributed by atoms with Crippen molar-refractivity contribution in [3.8, 4) is 10.4 Å². The average molecular weight is 370 g/mol. The van der Waals surface area contributed by atoms with Gasteiger partial charge >= 0.3 is 6.09 Å². The SMILES string of the molecule is CCC12COC(=O)N1CCN(C(=O)c1cc(C)c(-c3ccccc3)s1)C2. The van der Waals surface area contributed by atoms with Crippen LogP contribution in [0.3, 0.4) is 0 Å². The third-order valence-corrected chi connectivity index (χ3v) is 6.72. The fourth-order valence-electron chi connectivity index (χ4n) is 3.86. The third kappa shape index (κ3) is 2.69. The first-order chi connectivity index (χ1) is 12.5. The molecule has 2 fully saturated rings. The number of amides is 2. The summed E-state index contributed by atoms with van der Waals surface area (Å²) in [5.41, 5.74) is 1.88. The highest BCUT2D eigenvalue weighted by molar-refractivity contribution is 7.17. The smallest absolute Gasteiger partial charge is 0.410 e. The summed E-state index contributed by atoms with van der Waals surface area (Å²) in [5.74, 6) is 0.0482. The fraction of sp³-hybridized carbons (Fsp3) is 0.400. The molecule has 5 nitrogen and oxygen atoms in total.